The van der Waals surface area contributed by atoms with E-state index in [1.165, 1.54) is 30.3 Å². The highest BCUT2D eigenvalue weighted by Gasteiger charge is 2.14. The quantitative estimate of drug-likeness (QED) is 0.851. The predicted octanol–water partition coefficient (Wildman–Crippen LogP) is 2.64. The summed E-state index contributed by atoms with van der Waals surface area (Å²) in [7, 11) is 0. The number of phenolic OH excluding ortho intramolecular Hbond substituents is 1. The second-order valence-electron chi connectivity index (χ2n) is 4.66. The Kier molecular flexibility index (Phi) is 4.73. The largest absolute Gasteiger partial charge is 0.507 e. The van der Waals surface area contributed by atoms with Gasteiger partial charge in [-0.1, -0.05) is 17.7 Å². The number of esters is 1. The van der Waals surface area contributed by atoms with E-state index in [4.69, 9.17) is 4.74 Å². The third kappa shape index (κ3) is 4.05. The van der Waals surface area contributed by atoms with Crippen molar-refractivity contribution in [1.29, 1.82) is 0 Å². The van der Waals surface area contributed by atoms with E-state index in [-0.39, 0.29) is 17.0 Å². The number of hydrogen-bond acceptors (Lipinski definition) is 4. The molecule has 22 heavy (non-hydrogen) atoms. The molecule has 1 amide bonds. The van der Waals surface area contributed by atoms with Crippen LogP contribution in [0.4, 0.5) is 10.1 Å². The molecule has 0 saturated carbocycles. The van der Waals surface area contributed by atoms with Gasteiger partial charge in [-0.2, -0.15) is 0 Å². The third-order valence-corrected chi connectivity index (χ3v) is 2.81. The van der Waals surface area contributed by atoms with Crippen LogP contribution < -0.4 is 5.32 Å². The van der Waals surface area contributed by atoms with Crippen LogP contribution in [0.25, 0.3) is 0 Å². The lowest BCUT2D eigenvalue weighted by atomic mass is 10.1. The maximum absolute atomic E-state index is 13.0. The van der Waals surface area contributed by atoms with Crippen molar-refractivity contribution >= 4 is 17.6 Å². The molecule has 0 radical (unpaired) electrons. The summed E-state index contributed by atoms with van der Waals surface area (Å²) in [5, 5.41) is 12.0. The average molecular weight is 303 g/mol. The zero-order valence-corrected chi connectivity index (χ0v) is 11.8. The number of aryl methyl sites for hydroxylation is 1. The van der Waals surface area contributed by atoms with Crippen molar-refractivity contribution in [3.05, 3.63) is 59.4 Å². The Hall–Kier alpha value is -2.89. The fourth-order valence-electron chi connectivity index (χ4n) is 1.79. The molecular weight excluding hydrogens is 289 g/mol. The maximum Gasteiger partial charge on any atom is 0.342 e. The van der Waals surface area contributed by atoms with Gasteiger partial charge in [0.05, 0.1) is 0 Å². The standard InChI is InChI=1S/C16H14FNO4/c1-10-5-6-14(19)13(7-10)16(21)22-9-15(20)18-12-4-2-3-11(17)8-12/h2-8,19H,9H2,1H3,(H,18,20). The molecule has 0 aliphatic heterocycles. The van der Waals surface area contributed by atoms with Crippen LogP contribution in [0.1, 0.15) is 15.9 Å². The number of phenols is 1. The molecule has 0 unspecified atom stereocenters. The van der Waals surface area contributed by atoms with Gasteiger partial charge in [-0.05, 0) is 37.3 Å². The number of benzene rings is 2. The Labute approximate surface area is 126 Å². The first-order chi connectivity index (χ1) is 10.5. The predicted molar refractivity (Wildman–Crippen MR) is 78.2 cm³/mol. The Morgan fingerprint density at radius 3 is 2.73 bits per heavy atom. The van der Waals surface area contributed by atoms with E-state index in [2.05, 4.69) is 5.32 Å². The minimum atomic E-state index is -0.810. The number of ether oxygens (including phenoxy) is 1. The van der Waals surface area contributed by atoms with Gasteiger partial charge in [-0.25, -0.2) is 9.18 Å². The van der Waals surface area contributed by atoms with Crippen molar-refractivity contribution in [2.45, 2.75) is 6.92 Å². The smallest absolute Gasteiger partial charge is 0.342 e. The number of carbonyl (C=O) groups excluding carboxylic acids is 2. The fraction of sp³-hybridized carbons (Fsp3) is 0.125. The molecule has 0 bridgehead atoms. The number of amides is 1. The summed E-state index contributed by atoms with van der Waals surface area (Å²) in [6.07, 6.45) is 0. The topological polar surface area (TPSA) is 75.6 Å². The Morgan fingerprint density at radius 1 is 1.23 bits per heavy atom. The van der Waals surface area contributed by atoms with Crippen LogP contribution in [0.5, 0.6) is 5.75 Å². The van der Waals surface area contributed by atoms with Gasteiger partial charge in [-0.15, -0.1) is 0 Å². The van der Waals surface area contributed by atoms with Gasteiger partial charge in [0.1, 0.15) is 17.1 Å². The maximum atomic E-state index is 13.0. The summed E-state index contributed by atoms with van der Waals surface area (Å²) in [5.74, 6) is -2.12. The van der Waals surface area contributed by atoms with Gasteiger partial charge in [0, 0.05) is 5.69 Å². The summed E-state index contributed by atoms with van der Waals surface area (Å²) in [4.78, 5) is 23.4. The molecule has 2 N–H and O–H groups in total. The summed E-state index contributed by atoms with van der Waals surface area (Å²) in [5.41, 5.74) is 1.02. The van der Waals surface area contributed by atoms with Crippen LogP contribution in [0.15, 0.2) is 42.5 Å². The summed E-state index contributed by atoms with van der Waals surface area (Å²) >= 11 is 0. The van der Waals surface area contributed by atoms with Crippen molar-refractivity contribution in [1.82, 2.24) is 0 Å². The molecule has 0 aliphatic carbocycles. The number of rotatable bonds is 4. The number of aromatic hydroxyl groups is 1. The number of carbonyl (C=O) groups is 2. The molecular formula is C16H14FNO4. The zero-order valence-electron chi connectivity index (χ0n) is 11.8. The van der Waals surface area contributed by atoms with E-state index >= 15 is 0 Å². The number of nitrogens with one attached hydrogen (secondary N) is 1. The SMILES string of the molecule is Cc1ccc(O)c(C(=O)OCC(=O)Nc2cccc(F)c2)c1. The summed E-state index contributed by atoms with van der Waals surface area (Å²) in [6.45, 7) is 1.22. The number of hydrogen-bond donors (Lipinski definition) is 2. The number of halogens is 1. The number of anilines is 1. The lowest BCUT2D eigenvalue weighted by molar-refractivity contribution is -0.119. The van der Waals surface area contributed by atoms with E-state index < -0.39 is 24.3 Å². The van der Waals surface area contributed by atoms with Gasteiger partial charge >= 0.3 is 5.97 Å². The normalized spacial score (nSPS) is 10.1. The first-order valence-corrected chi connectivity index (χ1v) is 6.48. The highest BCUT2D eigenvalue weighted by molar-refractivity contribution is 5.96. The van der Waals surface area contributed by atoms with Gasteiger partial charge in [-0.3, -0.25) is 4.79 Å². The van der Waals surface area contributed by atoms with Crippen LogP contribution >= 0.6 is 0 Å². The molecule has 0 aromatic heterocycles. The van der Waals surface area contributed by atoms with Crippen molar-refractivity contribution in [3.63, 3.8) is 0 Å². The van der Waals surface area contributed by atoms with Crippen LogP contribution in [-0.2, 0) is 9.53 Å². The molecule has 0 fully saturated rings. The summed E-state index contributed by atoms with van der Waals surface area (Å²) in [6, 6.07) is 9.82. The second kappa shape index (κ2) is 6.71. The molecule has 2 aromatic rings. The van der Waals surface area contributed by atoms with E-state index in [9.17, 15) is 19.1 Å². The molecule has 2 aromatic carbocycles. The first-order valence-electron chi connectivity index (χ1n) is 6.48. The third-order valence-electron chi connectivity index (χ3n) is 2.81. The van der Waals surface area contributed by atoms with E-state index in [1.807, 2.05) is 0 Å². The van der Waals surface area contributed by atoms with Crippen molar-refractivity contribution in [2.24, 2.45) is 0 Å². The molecule has 0 aliphatic rings. The summed E-state index contributed by atoms with van der Waals surface area (Å²) < 4.78 is 17.8. The van der Waals surface area contributed by atoms with Crippen LogP contribution in [-0.4, -0.2) is 23.6 Å². The first kappa shape index (κ1) is 15.5. The van der Waals surface area contributed by atoms with Crippen LogP contribution in [0.3, 0.4) is 0 Å². The second-order valence-corrected chi connectivity index (χ2v) is 4.66. The average Bonchev–Trinajstić information content (AvgIpc) is 2.47. The van der Waals surface area contributed by atoms with Crippen molar-refractivity contribution in [2.75, 3.05) is 11.9 Å². The Balaban J connectivity index is 1.93. The lowest BCUT2D eigenvalue weighted by Gasteiger charge is -2.08. The van der Waals surface area contributed by atoms with Gasteiger partial charge in [0.2, 0.25) is 0 Å². The zero-order chi connectivity index (χ0) is 16.1. The van der Waals surface area contributed by atoms with E-state index in [0.29, 0.717) is 0 Å². The minimum absolute atomic E-state index is 0.0152. The van der Waals surface area contributed by atoms with E-state index in [0.717, 1.165) is 11.6 Å². The van der Waals surface area contributed by atoms with Crippen LogP contribution in [0, 0.1) is 12.7 Å². The molecule has 114 valence electrons. The molecule has 5 nitrogen and oxygen atoms in total. The van der Waals surface area contributed by atoms with Gasteiger partial charge in [0.15, 0.2) is 6.61 Å². The minimum Gasteiger partial charge on any atom is -0.507 e. The molecule has 0 saturated heterocycles. The van der Waals surface area contributed by atoms with Crippen LogP contribution in [0.2, 0.25) is 0 Å². The van der Waals surface area contributed by atoms with E-state index in [1.54, 1.807) is 13.0 Å². The molecule has 6 heteroatoms. The molecule has 0 spiro atoms. The Morgan fingerprint density at radius 2 is 2.00 bits per heavy atom. The Bertz CT molecular complexity index is 715. The monoisotopic (exact) mass is 303 g/mol. The van der Waals surface area contributed by atoms with Crippen molar-refractivity contribution < 1.29 is 23.8 Å². The lowest BCUT2D eigenvalue weighted by Crippen LogP contribution is -2.21. The highest BCUT2D eigenvalue weighted by Crippen LogP contribution is 2.19. The van der Waals surface area contributed by atoms with Crippen molar-refractivity contribution in [3.8, 4) is 5.75 Å². The molecule has 0 atom stereocenters. The highest BCUT2D eigenvalue weighted by atomic mass is 19.1. The molecule has 0 heterocycles. The molecule has 2 rings (SSSR count). The fourth-order valence-corrected chi connectivity index (χ4v) is 1.79. The van der Waals surface area contributed by atoms with Gasteiger partial charge in [0.25, 0.3) is 5.91 Å². The van der Waals surface area contributed by atoms with Gasteiger partial charge < -0.3 is 15.2 Å².